The van der Waals surface area contributed by atoms with Crippen LogP contribution in [0.5, 0.6) is 0 Å². The number of thioether (sulfide) groups is 1. The number of ketones is 1. The molecule has 0 unspecified atom stereocenters. The van der Waals surface area contributed by atoms with Gasteiger partial charge in [0.25, 0.3) is 0 Å². The van der Waals surface area contributed by atoms with Crippen LogP contribution in [-0.4, -0.2) is 48.1 Å². The number of benzene rings is 1. The molecule has 134 valence electrons. The highest BCUT2D eigenvalue weighted by molar-refractivity contribution is 8.16. The summed E-state index contributed by atoms with van der Waals surface area (Å²) >= 11 is 1.36. The number of hydrogen-bond acceptors (Lipinski definition) is 5. The van der Waals surface area contributed by atoms with Gasteiger partial charge < -0.3 is 4.90 Å². The molecule has 1 aromatic rings. The number of nitrogens with zero attached hydrogens (tertiary/aromatic N) is 2. The van der Waals surface area contributed by atoms with Gasteiger partial charge in [-0.25, -0.2) is 8.42 Å². The number of Topliss-reactive ketones (excluding diaryl/α,β-unsaturated/α-hetero) is 1. The number of carbonyl (C=O) groups is 2. The molecule has 8 heteroatoms. The molecule has 1 aromatic carbocycles. The van der Waals surface area contributed by atoms with Crippen LogP contribution in [0.1, 0.15) is 37.0 Å². The maximum atomic E-state index is 12.0. The predicted octanol–water partition coefficient (Wildman–Crippen LogP) is 2.29. The monoisotopic (exact) mass is 380 g/mol. The Labute approximate surface area is 151 Å². The molecule has 2 atom stereocenters. The summed E-state index contributed by atoms with van der Waals surface area (Å²) in [6, 6.07) is 6.76. The van der Waals surface area contributed by atoms with Gasteiger partial charge in [0.05, 0.1) is 17.5 Å². The minimum absolute atomic E-state index is 0.0318. The third-order valence-corrected chi connectivity index (χ3v) is 7.51. The number of amidine groups is 1. The van der Waals surface area contributed by atoms with Crippen LogP contribution in [0.15, 0.2) is 29.3 Å². The van der Waals surface area contributed by atoms with E-state index in [0.29, 0.717) is 17.2 Å². The summed E-state index contributed by atoms with van der Waals surface area (Å²) in [6.07, 6.45) is 1.09. The first-order valence-electron chi connectivity index (χ1n) is 8.19. The summed E-state index contributed by atoms with van der Waals surface area (Å²) in [5.41, 5.74) is 1.34. The van der Waals surface area contributed by atoms with E-state index in [4.69, 9.17) is 0 Å². The number of sulfone groups is 1. The lowest BCUT2D eigenvalue weighted by Crippen LogP contribution is -2.37. The van der Waals surface area contributed by atoms with Gasteiger partial charge in [0.1, 0.15) is 0 Å². The van der Waals surface area contributed by atoms with Gasteiger partial charge in [-0.2, -0.15) is 4.99 Å². The first-order chi connectivity index (χ1) is 11.8. The van der Waals surface area contributed by atoms with Crippen molar-refractivity contribution in [1.29, 1.82) is 0 Å². The maximum absolute atomic E-state index is 12.0. The fraction of sp³-hybridized carbons (Fsp3) is 0.471. The Morgan fingerprint density at radius 3 is 2.52 bits per heavy atom. The third kappa shape index (κ3) is 3.79. The molecule has 2 aliphatic rings. The Bertz CT molecular complexity index is 831. The standard InChI is InChI=1S/C17H20N2O4S2/c1-3-4-16(21)18-17-19(13-7-5-12(6-8-13)11(2)20)14-9-25(22,23)10-15(14)24-17/h5-8,14-15H,3-4,9-10H2,1-2H3/t14-,15-/m0/s1. The van der Waals surface area contributed by atoms with Gasteiger partial charge in [0.15, 0.2) is 20.8 Å². The molecule has 2 saturated heterocycles. The van der Waals surface area contributed by atoms with E-state index in [9.17, 15) is 18.0 Å². The summed E-state index contributed by atoms with van der Waals surface area (Å²) in [6.45, 7) is 3.41. The van der Waals surface area contributed by atoms with Crippen LogP contribution in [0.3, 0.4) is 0 Å². The van der Waals surface area contributed by atoms with Crippen molar-refractivity contribution in [3.63, 3.8) is 0 Å². The first-order valence-corrected chi connectivity index (χ1v) is 10.9. The Hall–Kier alpha value is -1.67. The molecule has 6 nitrogen and oxygen atoms in total. The normalized spacial score (nSPS) is 26.0. The second kappa shape index (κ2) is 6.92. The average molecular weight is 380 g/mol. The van der Waals surface area contributed by atoms with E-state index in [2.05, 4.69) is 4.99 Å². The predicted molar refractivity (Wildman–Crippen MR) is 100 cm³/mol. The minimum Gasteiger partial charge on any atom is -0.316 e. The van der Waals surface area contributed by atoms with Crippen LogP contribution in [0.2, 0.25) is 0 Å². The average Bonchev–Trinajstić information content (AvgIpc) is 2.98. The number of fused-ring (bicyclic) bond motifs is 1. The van der Waals surface area contributed by atoms with Gasteiger partial charge in [0, 0.05) is 22.9 Å². The highest BCUT2D eigenvalue weighted by Gasteiger charge is 2.49. The van der Waals surface area contributed by atoms with Crippen LogP contribution < -0.4 is 4.90 Å². The van der Waals surface area contributed by atoms with E-state index in [1.54, 1.807) is 24.3 Å². The highest BCUT2D eigenvalue weighted by Crippen LogP contribution is 2.41. The molecule has 3 rings (SSSR count). The van der Waals surface area contributed by atoms with Crippen molar-refractivity contribution < 1.29 is 18.0 Å². The summed E-state index contributed by atoms with van der Waals surface area (Å²) in [5.74, 6) is -0.0697. The number of carbonyl (C=O) groups excluding carboxylic acids is 2. The molecule has 0 aliphatic carbocycles. The summed E-state index contributed by atoms with van der Waals surface area (Å²) < 4.78 is 24.0. The number of aliphatic imine (C=N–C) groups is 1. The Balaban J connectivity index is 1.97. The number of anilines is 1. The molecule has 25 heavy (non-hydrogen) atoms. The molecule has 0 N–H and O–H groups in total. The van der Waals surface area contributed by atoms with Crippen molar-refractivity contribution >= 4 is 44.1 Å². The van der Waals surface area contributed by atoms with Crippen molar-refractivity contribution in [2.75, 3.05) is 16.4 Å². The van der Waals surface area contributed by atoms with Gasteiger partial charge >= 0.3 is 0 Å². The fourth-order valence-electron chi connectivity index (χ4n) is 3.10. The van der Waals surface area contributed by atoms with Gasteiger partial charge in [-0.3, -0.25) is 9.59 Å². The van der Waals surface area contributed by atoms with E-state index < -0.39 is 9.84 Å². The number of rotatable bonds is 4. The van der Waals surface area contributed by atoms with Gasteiger partial charge in [0.2, 0.25) is 5.91 Å². The van der Waals surface area contributed by atoms with Crippen molar-refractivity contribution in [1.82, 2.24) is 0 Å². The molecular formula is C17H20N2O4S2. The topological polar surface area (TPSA) is 83.9 Å². The van der Waals surface area contributed by atoms with E-state index >= 15 is 0 Å². The fourth-order valence-corrected chi connectivity index (χ4v) is 7.03. The van der Waals surface area contributed by atoms with Crippen molar-refractivity contribution in [2.45, 2.75) is 38.0 Å². The van der Waals surface area contributed by atoms with Crippen LogP contribution >= 0.6 is 11.8 Å². The maximum Gasteiger partial charge on any atom is 0.248 e. The molecule has 0 aromatic heterocycles. The minimum atomic E-state index is -3.09. The van der Waals surface area contributed by atoms with Crippen molar-refractivity contribution in [3.8, 4) is 0 Å². The van der Waals surface area contributed by atoms with Crippen LogP contribution in [0.25, 0.3) is 0 Å². The van der Waals surface area contributed by atoms with Gasteiger partial charge in [-0.15, -0.1) is 0 Å². The molecule has 2 heterocycles. The molecule has 1 amide bonds. The molecule has 2 fully saturated rings. The van der Waals surface area contributed by atoms with Crippen molar-refractivity contribution in [3.05, 3.63) is 29.8 Å². The number of amides is 1. The lowest BCUT2D eigenvalue weighted by Gasteiger charge is -2.24. The quantitative estimate of drug-likeness (QED) is 0.745. The van der Waals surface area contributed by atoms with E-state index in [-0.39, 0.29) is 34.5 Å². The Morgan fingerprint density at radius 2 is 1.92 bits per heavy atom. The van der Waals surface area contributed by atoms with Crippen LogP contribution in [0, 0.1) is 0 Å². The van der Waals surface area contributed by atoms with E-state index in [1.807, 2.05) is 11.8 Å². The SMILES string of the molecule is CCCC(=O)N=C1S[C@H]2CS(=O)(=O)C[C@@H]2N1c1ccc(C(C)=O)cc1. The van der Waals surface area contributed by atoms with Gasteiger partial charge in [-0.1, -0.05) is 18.7 Å². The zero-order valence-electron chi connectivity index (χ0n) is 14.1. The zero-order valence-corrected chi connectivity index (χ0v) is 15.8. The molecule has 2 aliphatic heterocycles. The first kappa shape index (κ1) is 18.1. The zero-order chi connectivity index (χ0) is 18.2. The summed E-state index contributed by atoms with van der Waals surface area (Å²) in [4.78, 5) is 29.5. The lowest BCUT2D eigenvalue weighted by atomic mass is 10.1. The second-order valence-electron chi connectivity index (χ2n) is 6.31. The Kier molecular flexibility index (Phi) is 5.02. The van der Waals surface area contributed by atoms with Gasteiger partial charge in [-0.05, 0) is 37.6 Å². The van der Waals surface area contributed by atoms with Crippen LogP contribution in [-0.2, 0) is 14.6 Å². The third-order valence-electron chi connectivity index (χ3n) is 4.30. The highest BCUT2D eigenvalue weighted by atomic mass is 32.2. The van der Waals surface area contributed by atoms with E-state index in [0.717, 1.165) is 12.1 Å². The molecular weight excluding hydrogens is 360 g/mol. The summed E-state index contributed by atoms with van der Waals surface area (Å²) in [7, 11) is -3.09. The molecule has 0 bridgehead atoms. The summed E-state index contributed by atoms with van der Waals surface area (Å²) in [5, 5.41) is 0.435. The second-order valence-corrected chi connectivity index (χ2v) is 9.67. The smallest absolute Gasteiger partial charge is 0.248 e. The molecule has 0 saturated carbocycles. The molecule has 0 spiro atoms. The van der Waals surface area contributed by atoms with E-state index in [1.165, 1.54) is 18.7 Å². The largest absolute Gasteiger partial charge is 0.316 e. The van der Waals surface area contributed by atoms with Crippen molar-refractivity contribution in [2.24, 2.45) is 4.99 Å². The Morgan fingerprint density at radius 1 is 1.24 bits per heavy atom. The molecule has 0 radical (unpaired) electrons. The van der Waals surface area contributed by atoms with Crippen LogP contribution in [0.4, 0.5) is 5.69 Å². The lowest BCUT2D eigenvalue weighted by molar-refractivity contribution is -0.117. The number of hydrogen-bond donors (Lipinski definition) is 0.